The van der Waals surface area contributed by atoms with E-state index < -0.39 is 11.5 Å². The second-order valence-corrected chi connectivity index (χ2v) is 5.83. The van der Waals surface area contributed by atoms with E-state index in [4.69, 9.17) is 0 Å². The van der Waals surface area contributed by atoms with Crippen LogP contribution >= 0.6 is 0 Å². The van der Waals surface area contributed by atoms with Gasteiger partial charge >= 0.3 is 5.97 Å². The van der Waals surface area contributed by atoms with Gasteiger partial charge in [-0.25, -0.2) is 4.79 Å². The molecule has 3 N–H and O–H groups in total. The van der Waals surface area contributed by atoms with Crippen LogP contribution in [-0.2, 0) is 14.4 Å². The first-order valence-corrected chi connectivity index (χ1v) is 7.36. The summed E-state index contributed by atoms with van der Waals surface area (Å²) < 4.78 is 0. The smallest absolute Gasteiger partial charge is 0.329 e. The van der Waals surface area contributed by atoms with Gasteiger partial charge in [0, 0.05) is 13.0 Å². The molecule has 1 aliphatic carbocycles. The maximum absolute atomic E-state index is 12.3. The number of piperidine rings is 1. The van der Waals surface area contributed by atoms with E-state index in [0.29, 0.717) is 32.2 Å². The molecule has 1 saturated heterocycles. The molecule has 1 atom stereocenters. The lowest BCUT2D eigenvalue weighted by Crippen LogP contribution is -2.57. The summed E-state index contributed by atoms with van der Waals surface area (Å²) >= 11 is 0. The number of amides is 2. The number of nitrogens with one attached hydrogen (secondary N) is 2. The number of carboxylic acids is 1. The van der Waals surface area contributed by atoms with Crippen LogP contribution in [0.3, 0.4) is 0 Å². The topological polar surface area (TPSA) is 95.5 Å². The molecule has 0 bridgehead atoms. The lowest BCUT2D eigenvalue weighted by Gasteiger charge is -2.32. The Morgan fingerprint density at radius 1 is 1.20 bits per heavy atom. The molecule has 0 spiro atoms. The largest absolute Gasteiger partial charge is 0.480 e. The van der Waals surface area contributed by atoms with Gasteiger partial charge in [-0.3, -0.25) is 9.59 Å². The molecule has 1 unspecified atom stereocenters. The average molecular weight is 282 g/mol. The number of hydrogen-bond acceptors (Lipinski definition) is 3. The third-order valence-corrected chi connectivity index (χ3v) is 4.37. The summed E-state index contributed by atoms with van der Waals surface area (Å²) in [5.74, 6) is -1.54. The molecule has 2 amide bonds. The molecule has 2 aliphatic rings. The summed E-state index contributed by atoms with van der Waals surface area (Å²) in [7, 11) is 0. The monoisotopic (exact) mass is 282 g/mol. The molecular weight excluding hydrogens is 260 g/mol. The van der Waals surface area contributed by atoms with Crippen molar-refractivity contribution < 1.29 is 19.5 Å². The molecule has 20 heavy (non-hydrogen) atoms. The van der Waals surface area contributed by atoms with E-state index in [1.165, 1.54) is 0 Å². The number of hydrogen-bond donors (Lipinski definition) is 3. The second-order valence-electron chi connectivity index (χ2n) is 5.83. The molecule has 0 aromatic rings. The Labute approximate surface area is 118 Å². The van der Waals surface area contributed by atoms with Gasteiger partial charge in [0.25, 0.3) is 0 Å². The first-order valence-electron chi connectivity index (χ1n) is 7.36. The molecule has 0 aromatic carbocycles. The molecule has 112 valence electrons. The Morgan fingerprint density at radius 3 is 2.35 bits per heavy atom. The number of carboxylic acid groups (broad SMARTS) is 1. The maximum Gasteiger partial charge on any atom is 0.329 e. The number of rotatable bonds is 3. The van der Waals surface area contributed by atoms with Gasteiger partial charge < -0.3 is 15.7 Å². The molecule has 2 rings (SSSR count). The normalized spacial score (nSPS) is 26.2. The Balaban J connectivity index is 2.02. The zero-order valence-electron chi connectivity index (χ0n) is 11.6. The van der Waals surface area contributed by atoms with Crippen LogP contribution in [0.1, 0.15) is 51.4 Å². The van der Waals surface area contributed by atoms with E-state index in [1.807, 2.05) is 0 Å². The van der Waals surface area contributed by atoms with Gasteiger partial charge in [-0.05, 0) is 19.3 Å². The van der Waals surface area contributed by atoms with Crippen LogP contribution in [-0.4, -0.2) is 35.0 Å². The minimum absolute atomic E-state index is 0.0449. The van der Waals surface area contributed by atoms with Gasteiger partial charge in [-0.1, -0.05) is 25.7 Å². The van der Waals surface area contributed by atoms with Gasteiger partial charge in [0.2, 0.25) is 11.8 Å². The molecule has 1 saturated carbocycles. The minimum Gasteiger partial charge on any atom is -0.480 e. The molecule has 2 fully saturated rings. The van der Waals surface area contributed by atoms with E-state index in [1.54, 1.807) is 0 Å². The van der Waals surface area contributed by atoms with Gasteiger partial charge in [0.15, 0.2) is 0 Å². The van der Waals surface area contributed by atoms with E-state index in [-0.39, 0.29) is 17.7 Å². The zero-order chi connectivity index (χ0) is 14.6. The fourth-order valence-electron chi connectivity index (χ4n) is 3.02. The van der Waals surface area contributed by atoms with Crippen molar-refractivity contribution in [3.63, 3.8) is 0 Å². The molecule has 1 aliphatic heterocycles. The maximum atomic E-state index is 12.3. The summed E-state index contributed by atoms with van der Waals surface area (Å²) in [6.45, 7) is 0.306. The third kappa shape index (κ3) is 3.29. The first-order chi connectivity index (χ1) is 9.53. The zero-order valence-corrected chi connectivity index (χ0v) is 11.6. The van der Waals surface area contributed by atoms with Crippen molar-refractivity contribution >= 4 is 17.8 Å². The van der Waals surface area contributed by atoms with Gasteiger partial charge in [-0.2, -0.15) is 0 Å². The predicted molar refractivity (Wildman–Crippen MR) is 71.9 cm³/mol. The summed E-state index contributed by atoms with van der Waals surface area (Å²) in [5, 5.41) is 14.9. The summed E-state index contributed by atoms with van der Waals surface area (Å²) in [5.41, 5.74) is -1.12. The van der Waals surface area contributed by atoms with Crippen molar-refractivity contribution in [2.45, 2.75) is 56.9 Å². The van der Waals surface area contributed by atoms with Gasteiger partial charge in [-0.15, -0.1) is 0 Å². The van der Waals surface area contributed by atoms with Crippen molar-refractivity contribution in [1.29, 1.82) is 0 Å². The Morgan fingerprint density at radius 2 is 1.85 bits per heavy atom. The van der Waals surface area contributed by atoms with Crippen LogP contribution < -0.4 is 10.6 Å². The highest BCUT2D eigenvalue weighted by Gasteiger charge is 2.41. The molecule has 6 heteroatoms. The predicted octanol–water partition coefficient (Wildman–Crippen LogP) is 0.806. The number of carbonyl (C=O) groups is 3. The number of carbonyl (C=O) groups excluding carboxylic acids is 2. The van der Waals surface area contributed by atoms with Crippen molar-refractivity contribution in [1.82, 2.24) is 10.6 Å². The van der Waals surface area contributed by atoms with Crippen LogP contribution in [0.2, 0.25) is 0 Å². The molecular formula is C14H22N2O4. The van der Waals surface area contributed by atoms with E-state index >= 15 is 0 Å². The van der Waals surface area contributed by atoms with Crippen LogP contribution in [0.15, 0.2) is 0 Å². The van der Waals surface area contributed by atoms with Gasteiger partial charge in [0.1, 0.15) is 5.54 Å². The van der Waals surface area contributed by atoms with Crippen molar-refractivity contribution in [3.05, 3.63) is 0 Å². The van der Waals surface area contributed by atoms with Crippen LogP contribution in [0.25, 0.3) is 0 Å². The van der Waals surface area contributed by atoms with E-state index in [9.17, 15) is 19.5 Å². The molecule has 6 nitrogen and oxygen atoms in total. The quantitative estimate of drug-likeness (QED) is 0.667. The Hall–Kier alpha value is -1.59. The Bertz CT molecular complexity index is 390. The van der Waals surface area contributed by atoms with Crippen molar-refractivity contribution in [2.24, 2.45) is 5.92 Å². The summed E-state index contributed by atoms with van der Waals surface area (Å²) in [4.78, 5) is 35.0. The van der Waals surface area contributed by atoms with E-state index in [0.717, 1.165) is 25.7 Å². The summed E-state index contributed by atoms with van der Waals surface area (Å²) in [6.07, 6.45) is 5.50. The average Bonchev–Trinajstić information content (AvgIpc) is 2.66. The number of aliphatic carboxylic acids is 1. The highest BCUT2D eigenvalue weighted by Crippen LogP contribution is 2.28. The SMILES string of the molecule is O=C1CCC(C(=O)NC2(C(=O)O)CCCCCC2)CN1. The first kappa shape index (κ1) is 14.8. The molecule has 1 heterocycles. The molecule has 0 radical (unpaired) electrons. The fraction of sp³-hybridized carbons (Fsp3) is 0.786. The third-order valence-electron chi connectivity index (χ3n) is 4.37. The molecule has 0 aromatic heterocycles. The van der Waals surface area contributed by atoms with Crippen LogP contribution in [0.5, 0.6) is 0 Å². The second kappa shape index (κ2) is 6.24. The van der Waals surface area contributed by atoms with Crippen LogP contribution in [0, 0.1) is 5.92 Å². The highest BCUT2D eigenvalue weighted by atomic mass is 16.4. The highest BCUT2D eigenvalue weighted by molar-refractivity contribution is 5.89. The minimum atomic E-state index is -1.12. The summed E-state index contributed by atoms with van der Waals surface area (Å²) in [6, 6.07) is 0. The lowest BCUT2D eigenvalue weighted by atomic mass is 9.88. The van der Waals surface area contributed by atoms with Crippen molar-refractivity contribution in [3.8, 4) is 0 Å². The van der Waals surface area contributed by atoms with Crippen molar-refractivity contribution in [2.75, 3.05) is 6.54 Å². The fourth-order valence-corrected chi connectivity index (χ4v) is 3.02. The Kier molecular flexibility index (Phi) is 4.62. The lowest BCUT2D eigenvalue weighted by molar-refractivity contribution is -0.149. The van der Waals surface area contributed by atoms with E-state index in [2.05, 4.69) is 10.6 Å². The standard InChI is InChI=1S/C14H22N2O4/c17-11-6-5-10(9-15-11)12(18)16-14(13(19)20)7-3-1-2-4-8-14/h10H,1-9H2,(H,15,17)(H,16,18)(H,19,20). The van der Waals surface area contributed by atoms with Crippen LogP contribution in [0.4, 0.5) is 0 Å². The van der Waals surface area contributed by atoms with Gasteiger partial charge in [0.05, 0.1) is 5.92 Å².